The second-order valence-corrected chi connectivity index (χ2v) is 6.58. The number of anilines is 1. The number of amides is 2. The van der Waals surface area contributed by atoms with Crippen LogP contribution < -0.4 is 15.2 Å². The van der Waals surface area contributed by atoms with Gasteiger partial charge in [0.05, 0.1) is 12.1 Å². The summed E-state index contributed by atoms with van der Waals surface area (Å²) in [5.74, 6) is -0.338. The van der Waals surface area contributed by atoms with Gasteiger partial charge in [-0.1, -0.05) is 23.2 Å². The number of furan rings is 1. The molecule has 2 amide bonds. The van der Waals surface area contributed by atoms with E-state index in [-0.39, 0.29) is 27.6 Å². The summed E-state index contributed by atoms with van der Waals surface area (Å²) in [6.45, 7) is 0. The first kappa shape index (κ1) is 20.3. The molecule has 2 aromatic carbocycles. The Morgan fingerprint density at radius 1 is 1.18 bits per heavy atom. The molecule has 0 atom stereocenters. The van der Waals surface area contributed by atoms with E-state index in [0.29, 0.717) is 28.5 Å². The molecule has 3 rings (SSSR count). The first-order valence-corrected chi connectivity index (χ1v) is 8.99. The zero-order chi connectivity index (χ0) is 20.3. The van der Waals surface area contributed by atoms with Gasteiger partial charge in [-0.3, -0.25) is 4.79 Å². The Balaban J connectivity index is 2.06. The van der Waals surface area contributed by atoms with E-state index >= 15 is 0 Å². The Labute approximate surface area is 173 Å². The Kier molecular flexibility index (Phi) is 6.32. The van der Waals surface area contributed by atoms with Crippen LogP contribution in [0.5, 0.6) is 5.75 Å². The molecule has 146 valence electrons. The third kappa shape index (κ3) is 4.34. The molecule has 8 nitrogen and oxygen atoms in total. The summed E-state index contributed by atoms with van der Waals surface area (Å²) in [4.78, 5) is 28.8. The summed E-state index contributed by atoms with van der Waals surface area (Å²) in [6, 6.07) is 8.23. The average molecular weight is 443 g/mol. The average Bonchev–Trinajstić information content (AvgIpc) is 2.98. The maximum absolute atomic E-state index is 13.0. The van der Waals surface area contributed by atoms with Crippen molar-refractivity contribution in [3.05, 3.63) is 57.8 Å². The Bertz CT molecular complexity index is 1060. The standard InChI is InChI=1S/C17H12Cl2N2O6S/c1-24-27-28-26-9-3-5-11-13(7-9)25-16(14(11)21-17(20)23)15(22)10-4-2-8(18)6-12(10)19/h2-7H,1H3,(H3,20,21,23). The summed E-state index contributed by atoms with van der Waals surface area (Å²) >= 11 is 12.6. The maximum atomic E-state index is 13.0. The van der Waals surface area contributed by atoms with Crippen molar-refractivity contribution in [1.82, 2.24) is 0 Å². The molecule has 0 bridgehead atoms. The van der Waals surface area contributed by atoms with Crippen molar-refractivity contribution in [2.24, 2.45) is 5.73 Å². The van der Waals surface area contributed by atoms with Gasteiger partial charge in [0.2, 0.25) is 5.78 Å². The van der Waals surface area contributed by atoms with Gasteiger partial charge in [0.15, 0.2) is 5.76 Å². The fourth-order valence-electron chi connectivity index (χ4n) is 2.41. The van der Waals surface area contributed by atoms with E-state index in [2.05, 4.69) is 14.5 Å². The lowest BCUT2D eigenvalue weighted by molar-refractivity contribution is -0.164. The molecule has 0 aliphatic heterocycles. The molecule has 11 heteroatoms. The predicted octanol–water partition coefficient (Wildman–Crippen LogP) is 4.98. The van der Waals surface area contributed by atoms with Crippen LogP contribution in [0.25, 0.3) is 11.0 Å². The van der Waals surface area contributed by atoms with Crippen molar-refractivity contribution in [1.29, 1.82) is 0 Å². The van der Waals surface area contributed by atoms with Crippen molar-refractivity contribution in [2.75, 3.05) is 12.4 Å². The second kappa shape index (κ2) is 8.72. The van der Waals surface area contributed by atoms with Gasteiger partial charge in [0.1, 0.15) is 17.0 Å². The number of ketones is 1. The SMILES string of the molecule is COOSOc1ccc2c(NC(N)=O)c(C(=O)c3ccc(Cl)cc3Cl)oc2c1. The minimum atomic E-state index is -0.858. The Morgan fingerprint density at radius 3 is 2.64 bits per heavy atom. The largest absolute Gasteiger partial charge is 0.450 e. The van der Waals surface area contributed by atoms with Crippen molar-refractivity contribution in [3.63, 3.8) is 0 Å². The Hall–Kier alpha value is -2.43. The molecule has 28 heavy (non-hydrogen) atoms. The van der Waals surface area contributed by atoms with E-state index in [9.17, 15) is 9.59 Å². The predicted molar refractivity (Wildman–Crippen MR) is 106 cm³/mol. The molecule has 0 saturated carbocycles. The number of nitrogens with two attached hydrogens (primary N) is 1. The van der Waals surface area contributed by atoms with Crippen LogP contribution >= 0.6 is 35.5 Å². The van der Waals surface area contributed by atoms with E-state index in [1.807, 2.05) is 0 Å². The fourth-order valence-corrected chi connectivity index (χ4v) is 3.17. The van der Waals surface area contributed by atoms with Crippen LogP contribution in [-0.4, -0.2) is 18.9 Å². The monoisotopic (exact) mass is 442 g/mol. The number of rotatable bonds is 7. The van der Waals surface area contributed by atoms with E-state index in [1.54, 1.807) is 12.1 Å². The van der Waals surface area contributed by atoms with E-state index < -0.39 is 11.8 Å². The molecule has 3 aromatic rings. The van der Waals surface area contributed by atoms with Gasteiger partial charge >= 0.3 is 6.03 Å². The molecule has 0 aliphatic rings. The molecular weight excluding hydrogens is 431 g/mol. The molecule has 0 aliphatic carbocycles. The van der Waals surface area contributed by atoms with E-state index in [4.69, 9.17) is 37.5 Å². The smallest absolute Gasteiger partial charge is 0.316 e. The van der Waals surface area contributed by atoms with Gasteiger partial charge in [0.25, 0.3) is 12.3 Å². The van der Waals surface area contributed by atoms with E-state index in [1.165, 1.54) is 31.4 Å². The van der Waals surface area contributed by atoms with Crippen molar-refractivity contribution < 1.29 is 27.4 Å². The van der Waals surface area contributed by atoms with Crippen LogP contribution in [0.3, 0.4) is 0 Å². The van der Waals surface area contributed by atoms with Crippen LogP contribution in [0.1, 0.15) is 16.1 Å². The molecule has 0 unspecified atom stereocenters. The highest BCUT2D eigenvalue weighted by atomic mass is 35.5. The lowest BCUT2D eigenvalue weighted by Gasteiger charge is -2.05. The number of benzene rings is 2. The summed E-state index contributed by atoms with van der Waals surface area (Å²) in [5.41, 5.74) is 5.78. The molecule has 1 heterocycles. The maximum Gasteiger partial charge on any atom is 0.316 e. The van der Waals surface area contributed by atoms with Crippen LogP contribution in [-0.2, 0) is 9.22 Å². The van der Waals surface area contributed by atoms with Gasteiger partial charge in [-0.15, -0.1) is 4.33 Å². The molecule has 0 saturated heterocycles. The third-order valence-corrected chi connectivity index (χ3v) is 4.52. The van der Waals surface area contributed by atoms with Gasteiger partial charge in [0, 0.05) is 22.0 Å². The number of primary amides is 1. The fraction of sp³-hybridized carbons (Fsp3) is 0.0588. The molecule has 0 spiro atoms. The summed E-state index contributed by atoms with van der Waals surface area (Å²) in [6.07, 6.45) is 0. The number of nitrogens with one attached hydrogen (secondary N) is 1. The first-order chi connectivity index (χ1) is 13.4. The quantitative estimate of drug-likeness (QED) is 0.174. The highest BCUT2D eigenvalue weighted by molar-refractivity contribution is 7.90. The van der Waals surface area contributed by atoms with Crippen LogP contribution in [0, 0.1) is 0 Å². The Morgan fingerprint density at radius 2 is 1.96 bits per heavy atom. The molecule has 0 fully saturated rings. The minimum Gasteiger partial charge on any atom is -0.450 e. The van der Waals surface area contributed by atoms with Crippen LogP contribution in [0.4, 0.5) is 10.5 Å². The number of hydrogen-bond acceptors (Lipinski definition) is 7. The van der Waals surface area contributed by atoms with E-state index in [0.717, 1.165) is 0 Å². The molecule has 1 aromatic heterocycles. The normalized spacial score (nSPS) is 10.8. The van der Waals surface area contributed by atoms with Crippen molar-refractivity contribution >= 4 is 64.0 Å². The van der Waals surface area contributed by atoms with Gasteiger partial charge in [-0.2, -0.15) is 0 Å². The summed E-state index contributed by atoms with van der Waals surface area (Å²) in [7, 11) is 1.33. The molecule has 0 radical (unpaired) electrons. The van der Waals surface area contributed by atoms with Gasteiger partial charge < -0.3 is 19.7 Å². The molecule has 3 N–H and O–H groups in total. The van der Waals surface area contributed by atoms with Crippen molar-refractivity contribution in [2.45, 2.75) is 0 Å². The van der Waals surface area contributed by atoms with Crippen molar-refractivity contribution in [3.8, 4) is 5.75 Å². The number of carbonyl (C=O) groups is 2. The van der Waals surface area contributed by atoms with Crippen LogP contribution in [0.2, 0.25) is 10.0 Å². The number of hydrogen-bond donors (Lipinski definition) is 2. The lowest BCUT2D eigenvalue weighted by Crippen LogP contribution is -2.20. The number of fused-ring (bicyclic) bond motifs is 1. The molecular formula is C17H12Cl2N2O6S. The minimum absolute atomic E-state index is 0.117. The van der Waals surface area contributed by atoms with Crippen LogP contribution in [0.15, 0.2) is 40.8 Å². The first-order valence-electron chi connectivity index (χ1n) is 7.57. The lowest BCUT2D eigenvalue weighted by atomic mass is 10.1. The van der Waals surface area contributed by atoms with Gasteiger partial charge in [-0.05, 0) is 30.3 Å². The summed E-state index contributed by atoms with van der Waals surface area (Å²) in [5, 5.41) is 3.37. The highest BCUT2D eigenvalue weighted by Crippen LogP contribution is 2.36. The van der Waals surface area contributed by atoms with Gasteiger partial charge in [-0.25, -0.2) is 9.68 Å². The third-order valence-electron chi connectivity index (χ3n) is 3.52. The number of halogens is 2. The number of carbonyl (C=O) groups excluding carboxylic acids is 2. The zero-order valence-electron chi connectivity index (χ0n) is 14.2. The highest BCUT2D eigenvalue weighted by Gasteiger charge is 2.25. The topological polar surface area (TPSA) is 113 Å². The summed E-state index contributed by atoms with van der Waals surface area (Å²) < 4.78 is 15.5. The second-order valence-electron chi connectivity index (χ2n) is 5.29. The zero-order valence-corrected chi connectivity index (χ0v) is 16.5. The number of urea groups is 1.